The van der Waals surface area contributed by atoms with Crippen molar-refractivity contribution in [2.45, 2.75) is 6.42 Å². The van der Waals surface area contributed by atoms with Crippen LogP contribution in [0.2, 0.25) is 0 Å². The lowest BCUT2D eigenvalue weighted by Crippen LogP contribution is -2.55. The molecule has 4 amide bonds. The Bertz CT molecular complexity index is 1030. The van der Waals surface area contributed by atoms with Crippen molar-refractivity contribution in [3.05, 3.63) is 35.5 Å². The van der Waals surface area contributed by atoms with E-state index in [0.29, 0.717) is 74.8 Å². The summed E-state index contributed by atoms with van der Waals surface area (Å²) in [6.07, 6.45) is -0.0725. The Morgan fingerprint density at radius 1 is 1.00 bits per heavy atom. The summed E-state index contributed by atoms with van der Waals surface area (Å²) in [6, 6.07) is 7.23. The number of primary amides is 1. The highest BCUT2D eigenvalue weighted by molar-refractivity contribution is 6.03. The smallest absolute Gasteiger partial charge is 0.320 e. The van der Waals surface area contributed by atoms with Crippen LogP contribution in [0.25, 0.3) is 10.9 Å². The number of pyridine rings is 1. The molecule has 0 radical (unpaired) electrons. The second kappa shape index (κ2) is 9.39. The number of morpholine rings is 1. The van der Waals surface area contributed by atoms with Gasteiger partial charge in [-0.15, -0.1) is 0 Å². The number of methoxy groups -OCH3 is 1. The van der Waals surface area contributed by atoms with E-state index >= 15 is 0 Å². The van der Waals surface area contributed by atoms with Crippen LogP contribution >= 0.6 is 0 Å². The zero-order valence-corrected chi connectivity index (χ0v) is 18.1. The number of nitrogens with two attached hydrogens (primary N) is 1. The predicted molar refractivity (Wildman–Crippen MR) is 116 cm³/mol. The van der Waals surface area contributed by atoms with Crippen molar-refractivity contribution in [1.29, 1.82) is 0 Å². The SMILES string of the molecule is COc1c(C(N)=O)c(CC(=O)N2CCN(C(=O)N3CCOCC3)CC2)nc2ccccc12. The van der Waals surface area contributed by atoms with Crippen molar-refractivity contribution in [2.24, 2.45) is 5.73 Å². The number of hydrogen-bond acceptors (Lipinski definition) is 6. The fraction of sp³-hybridized carbons (Fsp3) is 0.455. The highest BCUT2D eigenvalue weighted by Crippen LogP contribution is 2.31. The van der Waals surface area contributed by atoms with Gasteiger partial charge in [0.25, 0.3) is 5.91 Å². The van der Waals surface area contributed by atoms with Gasteiger partial charge in [-0.3, -0.25) is 14.6 Å². The van der Waals surface area contributed by atoms with Gasteiger partial charge in [-0.25, -0.2) is 4.79 Å². The van der Waals surface area contributed by atoms with Crippen LogP contribution in [-0.4, -0.2) is 97.1 Å². The standard InChI is InChI=1S/C22H27N5O5/c1-31-20-15-4-2-3-5-16(15)24-17(19(20)21(23)29)14-18(28)25-6-8-26(9-7-25)22(30)27-10-12-32-13-11-27/h2-5H,6-14H2,1H3,(H2,23,29). The molecule has 4 rings (SSSR count). The number of benzene rings is 1. The molecule has 0 bridgehead atoms. The molecule has 10 heteroatoms. The van der Waals surface area contributed by atoms with Crippen molar-refractivity contribution < 1.29 is 23.9 Å². The van der Waals surface area contributed by atoms with Crippen LogP contribution in [0, 0.1) is 0 Å². The summed E-state index contributed by atoms with van der Waals surface area (Å²) in [4.78, 5) is 47.6. The minimum Gasteiger partial charge on any atom is -0.495 e. The molecule has 1 aromatic heterocycles. The van der Waals surface area contributed by atoms with Gasteiger partial charge in [0, 0.05) is 44.7 Å². The maximum Gasteiger partial charge on any atom is 0.320 e. The van der Waals surface area contributed by atoms with E-state index in [1.165, 1.54) is 7.11 Å². The van der Waals surface area contributed by atoms with Crippen LogP contribution in [0.3, 0.4) is 0 Å². The summed E-state index contributed by atoms with van der Waals surface area (Å²) >= 11 is 0. The number of amides is 4. The summed E-state index contributed by atoms with van der Waals surface area (Å²) in [5.74, 6) is -0.536. The average Bonchev–Trinajstić information content (AvgIpc) is 2.83. The lowest BCUT2D eigenvalue weighted by molar-refractivity contribution is -0.132. The first-order valence-electron chi connectivity index (χ1n) is 10.6. The van der Waals surface area contributed by atoms with Gasteiger partial charge in [0.05, 0.1) is 38.0 Å². The van der Waals surface area contributed by atoms with Crippen molar-refractivity contribution in [2.75, 3.05) is 59.6 Å². The first-order valence-corrected chi connectivity index (χ1v) is 10.6. The second-order valence-electron chi connectivity index (χ2n) is 7.77. The fourth-order valence-corrected chi connectivity index (χ4v) is 4.18. The number of carbonyl (C=O) groups excluding carboxylic acids is 3. The number of nitrogens with zero attached hydrogens (tertiary/aromatic N) is 4. The molecule has 170 valence electrons. The molecule has 0 atom stereocenters. The van der Waals surface area contributed by atoms with E-state index in [4.69, 9.17) is 15.2 Å². The number of carbonyl (C=O) groups is 3. The molecule has 2 saturated heterocycles. The molecule has 0 unspecified atom stereocenters. The minimum atomic E-state index is -0.691. The lowest BCUT2D eigenvalue weighted by Gasteiger charge is -2.38. The third kappa shape index (κ3) is 4.31. The van der Waals surface area contributed by atoms with Gasteiger partial charge in [-0.2, -0.15) is 0 Å². The highest BCUT2D eigenvalue weighted by atomic mass is 16.5. The minimum absolute atomic E-state index is 0.0163. The quantitative estimate of drug-likeness (QED) is 0.737. The predicted octanol–water partition coefficient (Wildman–Crippen LogP) is 0.481. The van der Waals surface area contributed by atoms with E-state index in [-0.39, 0.29) is 23.9 Å². The van der Waals surface area contributed by atoms with Crippen LogP contribution in [0.15, 0.2) is 24.3 Å². The average molecular weight is 441 g/mol. The first-order chi connectivity index (χ1) is 15.5. The van der Waals surface area contributed by atoms with E-state index < -0.39 is 5.91 Å². The van der Waals surface area contributed by atoms with E-state index in [1.807, 2.05) is 12.1 Å². The number of para-hydroxylation sites is 1. The topological polar surface area (TPSA) is 118 Å². The molecule has 10 nitrogen and oxygen atoms in total. The summed E-state index contributed by atoms with van der Waals surface area (Å²) in [6.45, 7) is 4.03. The maximum absolute atomic E-state index is 13.0. The van der Waals surface area contributed by atoms with Crippen LogP contribution < -0.4 is 10.5 Å². The number of rotatable bonds is 4. The third-order valence-electron chi connectivity index (χ3n) is 5.87. The van der Waals surface area contributed by atoms with Crippen molar-refractivity contribution in [3.63, 3.8) is 0 Å². The van der Waals surface area contributed by atoms with Gasteiger partial charge in [-0.05, 0) is 12.1 Å². The number of piperazine rings is 1. The molecule has 2 fully saturated rings. The van der Waals surface area contributed by atoms with Crippen molar-refractivity contribution >= 4 is 28.7 Å². The molecule has 0 aliphatic carbocycles. The van der Waals surface area contributed by atoms with Gasteiger partial charge < -0.3 is 29.9 Å². The summed E-state index contributed by atoms with van der Waals surface area (Å²) < 4.78 is 10.8. The number of urea groups is 1. The fourth-order valence-electron chi connectivity index (χ4n) is 4.18. The normalized spacial score (nSPS) is 16.8. The van der Waals surface area contributed by atoms with Crippen LogP contribution in [0.4, 0.5) is 4.79 Å². The van der Waals surface area contributed by atoms with Crippen molar-refractivity contribution in [1.82, 2.24) is 19.7 Å². The summed E-state index contributed by atoms with van der Waals surface area (Å²) in [5.41, 5.74) is 6.66. The largest absolute Gasteiger partial charge is 0.495 e. The highest BCUT2D eigenvalue weighted by Gasteiger charge is 2.29. The molecule has 3 heterocycles. The molecular weight excluding hydrogens is 414 g/mol. The third-order valence-corrected chi connectivity index (χ3v) is 5.87. The van der Waals surface area contributed by atoms with Gasteiger partial charge >= 0.3 is 6.03 Å². The van der Waals surface area contributed by atoms with E-state index in [0.717, 1.165) is 0 Å². The second-order valence-corrected chi connectivity index (χ2v) is 7.77. The number of aromatic nitrogens is 1. The van der Waals surface area contributed by atoms with Crippen LogP contribution in [-0.2, 0) is 16.0 Å². The molecule has 2 aromatic rings. The molecule has 1 aromatic carbocycles. The Labute approximate surface area is 185 Å². The Hall–Kier alpha value is -3.40. The van der Waals surface area contributed by atoms with Gasteiger partial charge in [0.2, 0.25) is 5.91 Å². The number of fused-ring (bicyclic) bond motifs is 1. The van der Waals surface area contributed by atoms with E-state index in [9.17, 15) is 14.4 Å². The molecule has 0 saturated carbocycles. The lowest BCUT2D eigenvalue weighted by atomic mass is 10.0. The molecule has 2 aliphatic rings. The van der Waals surface area contributed by atoms with Crippen LogP contribution in [0.1, 0.15) is 16.1 Å². The van der Waals surface area contributed by atoms with E-state index in [1.54, 1.807) is 26.8 Å². The first kappa shape index (κ1) is 21.8. The van der Waals surface area contributed by atoms with Gasteiger partial charge in [0.1, 0.15) is 11.3 Å². The number of hydrogen-bond donors (Lipinski definition) is 1. The van der Waals surface area contributed by atoms with Gasteiger partial charge in [-0.1, -0.05) is 12.1 Å². The Balaban J connectivity index is 1.47. The maximum atomic E-state index is 13.0. The van der Waals surface area contributed by atoms with Crippen LogP contribution in [0.5, 0.6) is 5.75 Å². The summed E-state index contributed by atoms with van der Waals surface area (Å²) in [5, 5.41) is 0.662. The Kier molecular flexibility index (Phi) is 6.40. The monoisotopic (exact) mass is 441 g/mol. The zero-order chi connectivity index (χ0) is 22.7. The van der Waals surface area contributed by atoms with Gasteiger partial charge in [0.15, 0.2) is 0 Å². The molecule has 32 heavy (non-hydrogen) atoms. The molecular formula is C22H27N5O5. The molecule has 0 spiro atoms. The Morgan fingerprint density at radius 2 is 1.62 bits per heavy atom. The van der Waals surface area contributed by atoms with E-state index in [2.05, 4.69) is 4.98 Å². The zero-order valence-electron chi connectivity index (χ0n) is 18.1. The number of ether oxygens (including phenoxy) is 2. The Morgan fingerprint density at radius 3 is 2.28 bits per heavy atom. The molecule has 2 aliphatic heterocycles. The molecule has 2 N–H and O–H groups in total. The van der Waals surface area contributed by atoms with Crippen molar-refractivity contribution in [3.8, 4) is 5.75 Å². The summed E-state index contributed by atoms with van der Waals surface area (Å²) in [7, 11) is 1.46.